The zero-order chi connectivity index (χ0) is 19.0. The lowest BCUT2D eigenvalue weighted by Crippen LogP contribution is -2.12. The summed E-state index contributed by atoms with van der Waals surface area (Å²) >= 11 is 0. The van der Waals surface area contributed by atoms with E-state index in [0.29, 0.717) is 28.8 Å². The van der Waals surface area contributed by atoms with Crippen LogP contribution < -0.4 is 5.32 Å². The van der Waals surface area contributed by atoms with Crippen LogP contribution >= 0.6 is 0 Å². The van der Waals surface area contributed by atoms with Gasteiger partial charge in [-0.15, -0.1) is 0 Å². The predicted molar refractivity (Wildman–Crippen MR) is 97.9 cm³/mol. The van der Waals surface area contributed by atoms with E-state index >= 15 is 0 Å². The number of rotatable bonds is 2. The van der Waals surface area contributed by atoms with Crippen LogP contribution in [0.1, 0.15) is 27.0 Å². The van der Waals surface area contributed by atoms with Gasteiger partial charge in [-0.05, 0) is 58.7 Å². The number of hydrogen-bond acceptors (Lipinski definition) is 3. The Balaban J connectivity index is 2.00. The van der Waals surface area contributed by atoms with Gasteiger partial charge in [0.2, 0.25) is 0 Å². The third kappa shape index (κ3) is 2.82. The van der Waals surface area contributed by atoms with E-state index in [-0.39, 0.29) is 11.5 Å². The molecule has 0 aromatic heterocycles. The molecule has 4 nitrogen and oxygen atoms in total. The van der Waals surface area contributed by atoms with Crippen molar-refractivity contribution in [1.82, 2.24) is 5.32 Å². The Kier molecular flexibility index (Phi) is 3.91. The third-order valence-corrected chi connectivity index (χ3v) is 4.62. The van der Waals surface area contributed by atoms with Crippen LogP contribution in [-0.2, 0) is 6.54 Å². The van der Waals surface area contributed by atoms with Crippen molar-refractivity contribution in [3.63, 3.8) is 0 Å². The molecule has 0 unspecified atom stereocenters. The minimum absolute atomic E-state index is 0.197. The van der Waals surface area contributed by atoms with Crippen LogP contribution in [0, 0.1) is 28.5 Å². The van der Waals surface area contributed by atoms with E-state index in [1.165, 1.54) is 6.07 Å². The van der Waals surface area contributed by atoms with Crippen molar-refractivity contribution in [2.24, 2.45) is 0 Å². The highest BCUT2D eigenvalue weighted by atomic mass is 19.1. The Morgan fingerprint density at radius 2 is 1.63 bits per heavy atom. The Bertz CT molecular complexity index is 1190. The van der Waals surface area contributed by atoms with Gasteiger partial charge < -0.3 is 5.32 Å². The molecule has 1 aliphatic heterocycles. The quantitative estimate of drug-likeness (QED) is 0.752. The van der Waals surface area contributed by atoms with Crippen LogP contribution in [0.4, 0.5) is 4.39 Å². The van der Waals surface area contributed by atoms with Crippen molar-refractivity contribution in [2.75, 3.05) is 0 Å². The number of nitrogens with one attached hydrogen (secondary N) is 1. The smallest absolute Gasteiger partial charge is 0.251 e. The SMILES string of the molecule is N#Cc1cccc(-c2cc3c(cc2-c2ccc(C#N)cc2F)C(=O)NC3)c1. The highest BCUT2D eigenvalue weighted by Crippen LogP contribution is 2.37. The molecule has 1 heterocycles. The molecule has 0 atom stereocenters. The second kappa shape index (κ2) is 6.40. The van der Waals surface area contributed by atoms with Gasteiger partial charge in [0.25, 0.3) is 5.91 Å². The summed E-state index contributed by atoms with van der Waals surface area (Å²) in [4.78, 5) is 12.1. The number of benzene rings is 3. The van der Waals surface area contributed by atoms with Gasteiger partial charge in [0.05, 0.1) is 23.3 Å². The summed E-state index contributed by atoms with van der Waals surface area (Å²) in [6, 6.07) is 18.9. The highest BCUT2D eigenvalue weighted by Gasteiger charge is 2.23. The van der Waals surface area contributed by atoms with Crippen molar-refractivity contribution < 1.29 is 9.18 Å². The summed E-state index contributed by atoms with van der Waals surface area (Å²) in [5.41, 5.74) is 4.39. The highest BCUT2D eigenvalue weighted by molar-refractivity contribution is 6.01. The molecule has 3 aromatic rings. The van der Waals surface area contributed by atoms with Crippen LogP contribution in [0.15, 0.2) is 54.6 Å². The normalized spacial score (nSPS) is 12.0. The van der Waals surface area contributed by atoms with Gasteiger partial charge in [0.1, 0.15) is 5.82 Å². The summed E-state index contributed by atoms with van der Waals surface area (Å²) in [6.07, 6.45) is 0. The average Bonchev–Trinajstić information content (AvgIpc) is 3.07. The van der Waals surface area contributed by atoms with Gasteiger partial charge in [0.15, 0.2) is 0 Å². The van der Waals surface area contributed by atoms with Gasteiger partial charge in [-0.2, -0.15) is 10.5 Å². The number of carbonyl (C=O) groups excluding carboxylic acids is 1. The number of hydrogen-bond donors (Lipinski definition) is 1. The van der Waals surface area contributed by atoms with Crippen molar-refractivity contribution in [3.8, 4) is 34.4 Å². The Labute approximate surface area is 155 Å². The van der Waals surface area contributed by atoms with Crippen LogP contribution in [-0.4, -0.2) is 5.91 Å². The largest absolute Gasteiger partial charge is 0.348 e. The average molecular weight is 353 g/mol. The van der Waals surface area contributed by atoms with E-state index in [0.717, 1.165) is 16.7 Å². The standard InChI is InChI=1S/C22H12FN3O/c23-21-7-14(11-25)4-5-17(21)20-9-19-16(12-26-22(19)27)8-18(20)15-3-1-2-13(6-15)10-24/h1-9H,12H2,(H,26,27). The van der Waals surface area contributed by atoms with E-state index in [1.807, 2.05) is 18.2 Å². The molecule has 0 spiro atoms. The molecule has 1 amide bonds. The molecule has 0 saturated carbocycles. The minimum Gasteiger partial charge on any atom is -0.348 e. The number of amides is 1. The van der Waals surface area contributed by atoms with E-state index < -0.39 is 5.82 Å². The first-order valence-electron chi connectivity index (χ1n) is 8.26. The summed E-state index contributed by atoms with van der Waals surface area (Å²) < 4.78 is 14.7. The lowest BCUT2D eigenvalue weighted by atomic mass is 9.89. The first kappa shape index (κ1) is 16.5. The fourth-order valence-electron chi connectivity index (χ4n) is 3.29. The second-order valence-electron chi connectivity index (χ2n) is 6.24. The van der Waals surface area contributed by atoms with Crippen LogP contribution in [0.5, 0.6) is 0 Å². The van der Waals surface area contributed by atoms with Crippen molar-refractivity contribution in [2.45, 2.75) is 6.54 Å². The first-order valence-corrected chi connectivity index (χ1v) is 8.26. The van der Waals surface area contributed by atoms with Crippen LogP contribution in [0.25, 0.3) is 22.3 Å². The van der Waals surface area contributed by atoms with E-state index in [2.05, 4.69) is 11.4 Å². The number of nitriles is 2. The fraction of sp³-hybridized carbons (Fsp3) is 0.0455. The fourth-order valence-corrected chi connectivity index (χ4v) is 3.29. The molecule has 1 aliphatic rings. The van der Waals surface area contributed by atoms with Crippen molar-refractivity contribution in [3.05, 3.63) is 82.7 Å². The lowest BCUT2D eigenvalue weighted by molar-refractivity contribution is 0.0966. The molecular weight excluding hydrogens is 341 g/mol. The number of nitrogens with zero attached hydrogens (tertiary/aromatic N) is 2. The van der Waals surface area contributed by atoms with Gasteiger partial charge in [-0.3, -0.25) is 4.79 Å². The molecule has 0 radical (unpaired) electrons. The van der Waals surface area contributed by atoms with Crippen molar-refractivity contribution in [1.29, 1.82) is 10.5 Å². The van der Waals surface area contributed by atoms with Crippen molar-refractivity contribution >= 4 is 5.91 Å². The second-order valence-corrected chi connectivity index (χ2v) is 6.24. The molecule has 3 aromatic carbocycles. The monoisotopic (exact) mass is 353 g/mol. The van der Waals surface area contributed by atoms with Crippen LogP contribution in [0.2, 0.25) is 0 Å². The minimum atomic E-state index is -0.537. The van der Waals surface area contributed by atoms with Crippen LogP contribution in [0.3, 0.4) is 0 Å². The topological polar surface area (TPSA) is 76.7 Å². The number of halogens is 1. The molecule has 0 bridgehead atoms. The maximum Gasteiger partial charge on any atom is 0.251 e. The van der Waals surface area contributed by atoms with E-state index in [9.17, 15) is 14.4 Å². The van der Waals surface area contributed by atoms with E-state index in [1.54, 1.807) is 36.4 Å². The Morgan fingerprint density at radius 1 is 0.852 bits per heavy atom. The Morgan fingerprint density at radius 3 is 2.37 bits per heavy atom. The van der Waals surface area contributed by atoms with E-state index in [4.69, 9.17) is 5.26 Å². The number of carbonyl (C=O) groups is 1. The maximum absolute atomic E-state index is 14.7. The first-order chi connectivity index (χ1) is 13.1. The summed E-state index contributed by atoms with van der Waals surface area (Å²) in [6.45, 7) is 0.412. The predicted octanol–water partition coefficient (Wildman–Crippen LogP) is 4.15. The third-order valence-electron chi connectivity index (χ3n) is 4.62. The van der Waals surface area contributed by atoms with Gasteiger partial charge in [0, 0.05) is 17.7 Å². The van der Waals surface area contributed by atoms with Gasteiger partial charge in [-0.1, -0.05) is 18.2 Å². The van der Waals surface area contributed by atoms with Gasteiger partial charge >= 0.3 is 0 Å². The summed E-state index contributed by atoms with van der Waals surface area (Å²) in [5.74, 6) is -0.734. The van der Waals surface area contributed by atoms with Gasteiger partial charge in [-0.25, -0.2) is 4.39 Å². The zero-order valence-corrected chi connectivity index (χ0v) is 14.1. The molecule has 1 N–H and O–H groups in total. The summed E-state index contributed by atoms with van der Waals surface area (Å²) in [7, 11) is 0. The molecule has 0 aliphatic carbocycles. The molecule has 0 saturated heterocycles. The molecular formula is C22H12FN3O. The lowest BCUT2D eigenvalue weighted by Gasteiger charge is -2.14. The molecule has 128 valence electrons. The molecule has 27 heavy (non-hydrogen) atoms. The number of fused-ring (bicyclic) bond motifs is 1. The maximum atomic E-state index is 14.7. The summed E-state index contributed by atoms with van der Waals surface area (Å²) in [5, 5.41) is 20.9. The molecule has 0 fully saturated rings. The molecule has 5 heteroatoms. The Hall–Kier alpha value is -3.96. The zero-order valence-electron chi connectivity index (χ0n) is 14.1. The molecule has 4 rings (SSSR count).